The van der Waals surface area contributed by atoms with Crippen molar-refractivity contribution in [3.63, 3.8) is 0 Å². The maximum Gasteiger partial charge on any atom is 0.326 e. The number of urea groups is 1. The minimum absolute atomic E-state index is 0.151. The van der Waals surface area contributed by atoms with Gasteiger partial charge < -0.3 is 15.7 Å². The normalized spacial score (nSPS) is 10.0. The van der Waals surface area contributed by atoms with Crippen molar-refractivity contribution in [3.8, 4) is 5.75 Å². The van der Waals surface area contributed by atoms with Crippen molar-refractivity contribution in [1.29, 1.82) is 0 Å². The van der Waals surface area contributed by atoms with E-state index < -0.39 is 0 Å². The van der Waals surface area contributed by atoms with Crippen molar-refractivity contribution in [2.45, 2.75) is 6.54 Å². The summed E-state index contributed by atoms with van der Waals surface area (Å²) in [6.45, 7) is 1.74. The first kappa shape index (κ1) is 13.6. The highest BCUT2D eigenvalue weighted by atomic mass is 32.1. The third-order valence-electron chi connectivity index (χ3n) is 1.99. The minimum atomic E-state index is -0.238. The second-order valence-corrected chi connectivity index (χ2v) is 4.04. The van der Waals surface area contributed by atoms with Gasteiger partial charge in [0, 0.05) is 26.7 Å². The summed E-state index contributed by atoms with van der Waals surface area (Å²) in [5, 5.41) is 14.8. The van der Waals surface area contributed by atoms with Gasteiger partial charge in [-0.15, -0.1) is 0 Å². The van der Waals surface area contributed by atoms with E-state index in [4.69, 9.17) is 5.11 Å². The first-order chi connectivity index (χ1) is 8.09. The van der Waals surface area contributed by atoms with Gasteiger partial charge in [-0.05, 0) is 12.1 Å². The number of thiol groups is 1. The molecule has 94 valence electrons. The van der Waals surface area contributed by atoms with Crippen LogP contribution in [-0.2, 0) is 6.54 Å². The van der Waals surface area contributed by atoms with E-state index in [0.717, 1.165) is 5.69 Å². The summed E-state index contributed by atoms with van der Waals surface area (Å²) >= 11 is 3.85. The highest BCUT2D eigenvalue weighted by Crippen LogP contribution is 2.05. The molecule has 0 atom stereocenters. The molecule has 1 aromatic rings. The van der Waals surface area contributed by atoms with Crippen molar-refractivity contribution >= 4 is 18.8 Å². The van der Waals surface area contributed by atoms with Crippen LogP contribution in [0.5, 0.6) is 5.75 Å². The summed E-state index contributed by atoms with van der Waals surface area (Å²) in [5.41, 5.74) is 0.834. The van der Waals surface area contributed by atoms with Gasteiger partial charge in [0.2, 0.25) is 0 Å². The summed E-state index contributed by atoms with van der Waals surface area (Å²) in [5.74, 6) is 0.151. The molecule has 0 spiro atoms. The standard InChI is InChI=1S/C10H16N4O2S/c1-14(17)10(16)12-5-4-11-6-8-2-3-9(15)7-13-8/h2-3,7,11,15,17H,4-6H2,1H3,(H,12,16). The highest BCUT2D eigenvalue weighted by Gasteiger charge is 2.01. The predicted molar refractivity (Wildman–Crippen MR) is 67.8 cm³/mol. The van der Waals surface area contributed by atoms with Gasteiger partial charge in [-0.2, -0.15) is 0 Å². The fourth-order valence-electron chi connectivity index (χ4n) is 1.11. The molecule has 3 N–H and O–H groups in total. The molecule has 0 aromatic carbocycles. The van der Waals surface area contributed by atoms with E-state index in [9.17, 15) is 4.79 Å². The molecule has 0 aliphatic rings. The lowest BCUT2D eigenvalue weighted by atomic mass is 10.3. The number of nitrogens with one attached hydrogen (secondary N) is 2. The Kier molecular flexibility index (Phi) is 5.58. The monoisotopic (exact) mass is 256 g/mol. The van der Waals surface area contributed by atoms with E-state index in [0.29, 0.717) is 19.6 Å². The zero-order valence-corrected chi connectivity index (χ0v) is 10.4. The Labute approximate surface area is 106 Å². The molecule has 0 unspecified atom stereocenters. The Bertz CT molecular complexity index is 356. The molecule has 1 aromatic heterocycles. The third kappa shape index (κ3) is 5.41. The predicted octanol–water partition coefficient (Wildman–Crippen LogP) is 0.363. The van der Waals surface area contributed by atoms with Crippen LogP contribution in [0.15, 0.2) is 18.3 Å². The lowest BCUT2D eigenvalue weighted by Crippen LogP contribution is -2.36. The summed E-state index contributed by atoms with van der Waals surface area (Å²) in [4.78, 5) is 15.1. The van der Waals surface area contributed by atoms with Crippen LogP contribution < -0.4 is 10.6 Å². The Morgan fingerprint density at radius 1 is 1.53 bits per heavy atom. The quantitative estimate of drug-likeness (QED) is 0.453. The number of carbonyl (C=O) groups is 1. The number of aromatic hydroxyl groups is 1. The molecule has 0 saturated heterocycles. The first-order valence-electron chi connectivity index (χ1n) is 5.14. The van der Waals surface area contributed by atoms with E-state index in [1.54, 1.807) is 19.2 Å². The number of amides is 2. The number of aromatic nitrogens is 1. The van der Waals surface area contributed by atoms with Gasteiger partial charge in [0.15, 0.2) is 0 Å². The zero-order chi connectivity index (χ0) is 12.7. The Balaban J connectivity index is 2.12. The Morgan fingerprint density at radius 3 is 2.88 bits per heavy atom. The maximum atomic E-state index is 11.1. The largest absolute Gasteiger partial charge is 0.506 e. The summed E-state index contributed by atoms with van der Waals surface area (Å²) in [6.07, 6.45) is 1.40. The molecule has 17 heavy (non-hydrogen) atoms. The lowest BCUT2D eigenvalue weighted by Gasteiger charge is -2.10. The number of hydrogen-bond donors (Lipinski definition) is 4. The van der Waals surface area contributed by atoms with Gasteiger partial charge in [0.25, 0.3) is 0 Å². The first-order valence-corrected chi connectivity index (χ1v) is 5.54. The summed E-state index contributed by atoms with van der Waals surface area (Å²) < 4.78 is 1.18. The minimum Gasteiger partial charge on any atom is -0.506 e. The van der Waals surface area contributed by atoms with Gasteiger partial charge in [0.05, 0.1) is 11.9 Å². The van der Waals surface area contributed by atoms with Crippen molar-refractivity contribution < 1.29 is 9.90 Å². The van der Waals surface area contributed by atoms with Crippen molar-refractivity contribution in [3.05, 3.63) is 24.0 Å². The number of rotatable bonds is 5. The molecule has 6 nitrogen and oxygen atoms in total. The molecule has 0 radical (unpaired) electrons. The summed E-state index contributed by atoms with van der Waals surface area (Å²) in [7, 11) is 1.56. The van der Waals surface area contributed by atoms with Crippen LogP contribution in [0.4, 0.5) is 4.79 Å². The van der Waals surface area contributed by atoms with Crippen molar-refractivity contribution in [2.24, 2.45) is 0 Å². The van der Waals surface area contributed by atoms with Crippen LogP contribution in [0, 0.1) is 0 Å². The van der Waals surface area contributed by atoms with E-state index >= 15 is 0 Å². The topological polar surface area (TPSA) is 77.5 Å². The van der Waals surface area contributed by atoms with E-state index in [-0.39, 0.29) is 11.8 Å². The molecule has 7 heteroatoms. The van der Waals surface area contributed by atoms with E-state index in [2.05, 4.69) is 28.4 Å². The zero-order valence-electron chi connectivity index (χ0n) is 9.55. The third-order valence-corrected chi connectivity index (χ3v) is 2.17. The van der Waals surface area contributed by atoms with Gasteiger partial charge in [-0.25, -0.2) is 4.79 Å². The molecule has 1 rings (SSSR count). The van der Waals surface area contributed by atoms with Crippen molar-refractivity contribution in [2.75, 3.05) is 20.1 Å². The number of nitrogens with zero attached hydrogens (tertiary/aromatic N) is 2. The Hall–Kier alpha value is -1.47. The van der Waals surface area contributed by atoms with Crippen LogP contribution in [0.2, 0.25) is 0 Å². The summed E-state index contributed by atoms with van der Waals surface area (Å²) in [6, 6.07) is 3.09. The van der Waals surface area contributed by atoms with Crippen LogP contribution in [0.3, 0.4) is 0 Å². The van der Waals surface area contributed by atoms with Gasteiger partial charge in [-0.1, -0.05) is 12.8 Å². The SMILES string of the molecule is CN(S)C(=O)NCCNCc1ccc(O)cn1. The molecule has 0 bridgehead atoms. The molecule has 2 amide bonds. The van der Waals surface area contributed by atoms with Crippen LogP contribution in [0.1, 0.15) is 5.69 Å². The Morgan fingerprint density at radius 2 is 2.29 bits per heavy atom. The van der Waals surface area contributed by atoms with Gasteiger partial charge in [0.1, 0.15) is 5.75 Å². The molecule has 0 saturated carbocycles. The number of carbonyl (C=O) groups excluding carboxylic acids is 1. The highest BCUT2D eigenvalue weighted by molar-refractivity contribution is 7.78. The van der Waals surface area contributed by atoms with E-state index in [1.165, 1.54) is 10.5 Å². The molecular weight excluding hydrogens is 240 g/mol. The van der Waals surface area contributed by atoms with Gasteiger partial charge in [-0.3, -0.25) is 9.29 Å². The second-order valence-electron chi connectivity index (χ2n) is 3.44. The van der Waals surface area contributed by atoms with Crippen LogP contribution in [0.25, 0.3) is 0 Å². The van der Waals surface area contributed by atoms with Crippen LogP contribution >= 0.6 is 12.8 Å². The average Bonchev–Trinajstić information content (AvgIpc) is 2.30. The average molecular weight is 256 g/mol. The van der Waals surface area contributed by atoms with Gasteiger partial charge >= 0.3 is 6.03 Å². The fourth-order valence-corrected chi connectivity index (χ4v) is 1.18. The second kappa shape index (κ2) is 6.97. The van der Waals surface area contributed by atoms with Crippen LogP contribution in [-0.4, -0.2) is 40.6 Å². The molecule has 0 aliphatic carbocycles. The molecular formula is C10H16N4O2S. The molecule has 0 aliphatic heterocycles. The maximum absolute atomic E-state index is 11.1. The molecule has 1 heterocycles. The molecule has 0 fully saturated rings. The smallest absolute Gasteiger partial charge is 0.326 e. The van der Waals surface area contributed by atoms with E-state index in [1.807, 2.05) is 0 Å². The van der Waals surface area contributed by atoms with Crippen molar-refractivity contribution in [1.82, 2.24) is 19.9 Å². The fraction of sp³-hybridized carbons (Fsp3) is 0.400. The lowest BCUT2D eigenvalue weighted by molar-refractivity contribution is 0.231. The number of hydrogen-bond acceptors (Lipinski definition) is 5. The number of pyridine rings is 1.